The van der Waals surface area contributed by atoms with Crippen molar-refractivity contribution in [2.24, 2.45) is 0 Å². The predicted octanol–water partition coefficient (Wildman–Crippen LogP) is 1.30. The van der Waals surface area contributed by atoms with Gasteiger partial charge in [-0.25, -0.2) is 4.68 Å². The highest BCUT2D eigenvalue weighted by Gasteiger charge is 2.14. The summed E-state index contributed by atoms with van der Waals surface area (Å²) >= 11 is 0. The van der Waals surface area contributed by atoms with Crippen LogP contribution in [0.4, 0.5) is 0 Å². The zero-order valence-corrected chi connectivity index (χ0v) is 10.9. The molecule has 0 bridgehead atoms. The Morgan fingerprint density at radius 1 is 1.30 bits per heavy atom. The van der Waals surface area contributed by atoms with Crippen LogP contribution >= 0.6 is 0 Å². The Labute approximate surface area is 113 Å². The first-order chi connectivity index (χ1) is 9.61. The lowest BCUT2D eigenvalue weighted by Gasteiger charge is -2.08. The number of hydrogen-bond acceptors (Lipinski definition) is 3. The fraction of sp³-hybridized carbons (Fsp3) is 0.214. The van der Waals surface area contributed by atoms with Crippen molar-refractivity contribution >= 4 is 22.4 Å². The van der Waals surface area contributed by atoms with Crippen molar-refractivity contribution < 1.29 is 9.90 Å². The standard InChI is InChI=1S/C14H13N3O3/c1-2-12-15-16(8-13(18)19)14(20)11-7-9-5-3-4-6-10(9)17(11)12/h3-7H,2,8H2,1H3,(H,18,19). The number of aliphatic carboxylic acids is 1. The van der Waals surface area contributed by atoms with Crippen LogP contribution in [0.5, 0.6) is 0 Å². The second kappa shape index (κ2) is 4.48. The van der Waals surface area contributed by atoms with Gasteiger partial charge < -0.3 is 5.11 Å². The molecule has 0 spiro atoms. The van der Waals surface area contributed by atoms with E-state index in [1.165, 1.54) is 0 Å². The number of carbonyl (C=O) groups is 1. The molecule has 2 aromatic heterocycles. The Morgan fingerprint density at radius 2 is 2.05 bits per heavy atom. The molecule has 0 amide bonds. The summed E-state index contributed by atoms with van der Waals surface area (Å²) in [5.41, 5.74) is 0.978. The highest BCUT2D eigenvalue weighted by atomic mass is 16.4. The SMILES string of the molecule is CCc1nn(CC(=O)O)c(=O)c2cc3ccccc3n12. The zero-order chi connectivity index (χ0) is 14.3. The number of hydrogen-bond donors (Lipinski definition) is 1. The summed E-state index contributed by atoms with van der Waals surface area (Å²) < 4.78 is 2.81. The Balaban J connectivity index is 2.44. The lowest BCUT2D eigenvalue weighted by Crippen LogP contribution is -2.29. The van der Waals surface area contributed by atoms with Gasteiger partial charge in [0, 0.05) is 11.8 Å². The van der Waals surface area contributed by atoms with Crippen LogP contribution in [0.2, 0.25) is 0 Å². The lowest BCUT2D eigenvalue weighted by atomic mass is 10.2. The van der Waals surface area contributed by atoms with Crippen LogP contribution in [0.1, 0.15) is 12.7 Å². The summed E-state index contributed by atoms with van der Waals surface area (Å²) in [7, 11) is 0. The van der Waals surface area contributed by atoms with Gasteiger partial charge in [0.1, 0.15) is 17.9 Å². The van der Waals surface area contributed by atoms with Crippen molar-refractivity contribution in [1.29, 1.82) is 0 Å². The molecule has 6 nitrogen and oxygen atoms in total. The van der Waals surface area contributed by atoms with Crippen molar-refractivity contribution in [2.45, 2.75) is 19.9 Å². The number of carboxylic acid groups (broad SMARTS) is 1. The van der Waals surface area contributed by atoms with E-state index in [1.54, 1.807) is 10.5 Å². The summed E-state index contributed by atoms with van der Waals surface area (Å²) in [6.45, 7) is 1.50. The molecule has 0 aliphatic rings. The Hall–Kier alpha value is -2.63. The normalized spacial score (nSPS) is 11.2. The second-order valence-corrected chi connectivity index (χ2v) is 4.55. The minimum atomic E-state index is -1.08. The minimum Gasteiger partial charge on any atom is -0.480 e. The topological polar surface area (TPSA) is 76.6 Å². The van der Waals surface area contributed by atoms with Gasteiger partial charge in [0.05, 0.1) is 5.52 Å². The van der Waals surface area contributed by atoms with Crippen LogP contribution in [0.15, 0.2) is 35.1 Å². The molecular weight excluding hydrogens is 258 g/mol. The summed E-state index contributed by atoms with van der Waals surface area (Å²) in [4.78, 5) is 23.1. The molecule has 20 heavy (non-hydrogen) atoms. The van der Waals surface area contributed by atoms with Crippen LogP contribution < -0.4 is 5.56 Å². The summed E-state index contributed by atoms with van der Waals surface area (Å²) in [6.07, 6.45) is 0.606. The minimum absolute atomic E-state index is 0.388. The van der Waals surface area contributed by atoms with E-state index in [4.69, 9.17) is 5.11 Å². The van der Waals surface area contributed by atoms with Crippen molar-refractivity contribution in [3.63, 3.8) is 0 Å². The molecule has 0 aliphatic carbocycles. The molecule has 0 radical (unpaired) electrons. The van der Waals surface area contributed by atoms with Gasteiger partial charge in [0.2, 0.25) is 0 Å². The molecule has 0 saturated carbocycles. The van der Waals surface area contributed by atoms with Gasteiger partial charge in [-0.15, -0.1) is 0 Å². The fourth-order valence-corrected chi connectivity index (χ4v) is 2.42. The number of aryl methyl sites for hydroxylation is 1. The number of aromatic nitrogens is 3. The van der Waals surface area contributed by atoms with Gasteiger partial charge in [-0.1, -0.05) is 25.1 Å². The molecular formula is C14H13N3O3. The van der Waals surface area contributed by atoms with Crippen LogP contribution in [0.3, 0.4) is 0 Å². The first-order valence-electron chi connectivity index (χ1n) is 6.34. The van der Waals surface area contributed by atoms with Crippen LogP contribution in [0.25, 0.3) is 16.4 Å². The molecule has 1 aromatic carbocycles. The second-order valence-electron chi connectivity index (χ2n) is 4.55. The number of carboxylic acids is 1. The van der Waals surface area contributed by atoms with Gasteiger partial charge >= 0.3 is 5.97 Å². The highest BCUT2D eigenvalue weighted by molar-refractivity contribution is 5.87. The van der Waals surface area contributed by atoms with Gasteiger partial charge in [-0.2, -0.15) is 5.10 Å². The number of nitrogens with zero attached hydrogens (tertiary/aromatic N) is 3. The van der Waals surface area contributed by atoms with Crippen molar-refractivity contribution in [2.75, 3.05) is 0 Å². The van der Waals surface area contributed by atoms with E-state index in [9.17, 15) is 9.59 Å². The third-order valence-electron chi connectivity index (χ3n) is 3.26. The van der Waals surface area contributed by atoms with E-state index in [-0.39, 0.29) is 5.56 Å². The van der Waals surface area contributed by atoms with E-state index in [0.717, 1.165) is 15.6 Å². The molecule has 3 rings (SSSR count). The average Bonchev–Trinajstić information content (AvgIpc) is 2.81. The van der Waals surface area contributed by atoms with Crippen molar-refractivity contribution in [3.8, 4) is 0 Å². The van der Waals surface area contributed by atoms with Crippen LogP contribution in [-0.2, 0) is 17.8 Å². The lowest BCUT2D eigenvalue weighted by molar-refractivity contribution is -0.138. The first-order valence-corrected chi connectivity index (χ1v) is 6.34. The van der Waals surface area contributed by atoms with E-state index in [2.05, 4.69) is 5.10 Å². The summed E-state index contributed by atoms with van der Waals surface area (Å²) in [5, 5.41) is 14.0. The molecule has 102 valence electrons. The van der Waals surface area contributed by atoms with E-state index in [0.29, 0.717) is 17.8 Å². The van der Waals surface area contributed by atoms with Crippen LogP contribution in [0, 0.1) is 0 Å². The molecule has 0 saturated heterocycles. The molecule has 0 unspecified atom stereocenters. The van der Waals surface area contributed by atoms with Crippen LogP contribution in [-0.4, -0.2) is 25.3 Å². The van der Waals surface area contributed by atoms with Crippen molar-refractivity contribution in [3.05, 3.63) is 46.5 Å². The van der Waals surface area contributed by atoms with Gasteiger partial charge in [0.25, 0.3) is 5.56 Å². The van der Waals surface area contributed by atoms with E-state index in [1.807, 2.05) is 31.2 Å². The maximum Gasteiger partial charge on any atom is 0.325 e. The van der Waals surface area contributed by atoms with E-state index < -0.39 is 12.5 Å². The smallest absolute Gasteiger partial charge is 0.325 e. The fourth-order valence-electron chi connectivity index (χ4n) is 2.42. The summed E-state index contributed by atoms with van der Waals surface area (Å²) in [5.74, 6) is -0.413. The number of para-hydroxylation sites is 1. The van der Waals surface area contributed by atoms with E-state index >= 15 is 0 Å². The third-order valence-corrected chi connectivity index (χ3v) is 3.26. The van der Waals surface area contributed by atoms with Gasteiger partial charge in [-0.05, 0) is 12.1 Å². The Bertz CT molecular complexity index is 876. The maximum absolute atomic E-state index is 12.3. The van der Waals surface area contributed by atoms with Crippen molar-refractivity contribution in [1.82, 2.24) is 14.2 Å². The molecule has 6 heteroatoms. The molecule has 0 aliphatic heterocycles. The largest absolute Gasteiger partial charge is 0.480 e. The monoisotopic (exact) mass is 271 g/mol. The molecule has 3 aromatic rings. The van der Waals surface area contributed by atoms with Gasteiger partial charge in [0.15, 0.2) is 0 Å². The first kappa shape index (κ1) is 12.4. The van der Waals surface area contributed by atoms with Gasteiger partial charge in [-0.3, -0.25) is 14.0 Å². The Kier molecular flexibility index (Phi) is 2.78. The zero-order valence-electron chi connectivity index (χ0n) is 10.9. The molecule has 0 atom stereocenters. The number of benzene rings is 1. The molecule has 0 fully saturated rings. The maximum atomic E-state index is 12.3. The highest BCUT2D eigenvalue weighted by Crippen LogP contribution is 2.19. The third kappa shape index (κ3) is 1.77. The number of fused-ring (bicyclic) bond motifs is 3. The molecule has 2 heterocycles. The quantitative estimate of drug-likeness (QED) is 0.779. The number of rotatable bonds is 3. The predicted molar refractivity (Wildman–Crippen MR) is 74.0 cm³/mol. The molecule has 1 N–H and O–H groups in total. The average molecular weight is 271 g/mol. The Morgan fingerprint density at radius 3 is 2.75 bits per heavy atom. The summed E-state index contributed by atoms with van der Waals surface area (Å²) in [6, 6.07) is 9.41.